The van der Waals surface area contributed by atoms with Crippen molar-refractivity contribution in [1.29, 1.82) is 0 Å². The van der Waals surface area contributed by atoms with Crippen molar-refractivity contribution in [2.45, 2.75) is 12.5 Å². The lowest BCUT2D eigenvalue weighted by Gasteiger charge is -2.18. The van der Waals surface area contributed by atoms with Gasteiger partial charge in [0, 0.05) is 6.20 Å². The van der Waals surface area contributed by atoms with Gasteiger partial charge in [-0.25, -0.2) is 4.98 Å². The fraction of sp³-hybridized carbons (Fsp3) is 0.0690. The molecule has 0 amide bonds. The summed E-state index contributed by atoms with van der Waals surface area (Å²) in [5.41, 5.74) is 3.58. The first-order valence-corrected chi connectivity index (χ1v) is 11.5. The van der Waals surface area contributed by atoms with E-state index in [9.17, 15) is 10.1 Å². The monoisotopic (exact) mass is 458 g/mol. The molecule has 0 aliphatic heterocycles. The average molecular weight is 459 g/mol. The van der Waals surface area contributed by atoms with Crippen molar-refractivity contribution in [3.63, 3.8) is 0 Å². The molecule has 4 aromatic carbocycles. The molecule has 0 aliphatic rings. The van der Waals surface area contributed by atoms with Crippen molar-refractivity contribution in [3.8, 4) is 11.1 Å². The topological polar surface area (TPSA) is 76.8 Å². The largest absolute Gasteiger partial charge is 0.347 e. The third-order valence-corrected chi connectivity index (χ3v) is 6.58. The van der Waals surface area contributed by atoms with Gasteiger partial charge in [0.1, 0.15) is 0 Å². The summed E-state index contributed by atoms with van der Waals surface area (Å²) in [6.45, 7) is 0. The van der Waals surface area contributed by atoms with Crippen molar-refractivity contribution in [1.82, 2.24) is 14.5 Å². The summed E-state index contributed by atoms with van der Waals surface area (Å²) in [6, 6.07) is 28.4. The number of benzene rings is 4. The van der Waals surface area contributed by atoms with Crippen molar-refractivity contribution < 1.29 is 4.92 Å². The molecule has 6 heteroatoms. The van der Waals surface area contributed by atoms with Crippen LogP contribution in [0.1, 0.15) is 17.3 Å². The van der Waals surface area contributed by atoms with Gasteiger partial charge in [-0.3, -0.25) is 10.1 Å². The zero-order valence-electron chi connectivity index (χ0n) is 18.8. The van der Waals surface area contributed by atoms with Crippen LogP contribution in [0.3, 0.4) is 0 Å². The van der Waals surface area contributed by atoms with Crippen LogP contribution >= 0.6 is 0 Å². The molecular formula is C29H22N4O2. The summed E-state index contributed by atoms with van der Waals surface area (Å²) in [5, 5.41) is 16.5. The molecule has 0 bridgehead atoms. The molecule has 0 fully saturated rings. The van der Waals surface area contributed by atoms with Crippen LogP contribution in [0, 0.1) is 10.1 Å². The normalized spacial score (nSPS) is 12.2. The first-order chi connectivity index (χ1) is 17.2. The lowest BCUT2D eigenvalue weighted by atomic mass is 9.99. The van der Waals surface area contributed by atoms with Crippen molar-refractivity contribution in [2.75, 3.05) is 0 Å². The number of rotatable bonds is 6. The Labute approximate surface area is 201 Å². The van der Waals surface area contributed by atoms with E-state index in [4.69, 9.17) is 0 Å². The van der Waals surface area contributed by atoms with Gasteiger partial charge >= 0.3 is 0 Å². The zero-order chi connectivity index (χ0) is 23.8. The van der Waals surface area contributed by atoms with Gasteiger partial charge in [-0.15, -0.1) is 0 Å². The van der Waals surface area contributed by atoms with Crippen LogP contribution in [0.15, 0.2) is 110 Å². The number of imidazole rings is 1. The van der Waals surface area contributed by atoms with Gasteiger partial charge in [-0.1, -0.05) is 84.9 Å². The number of nitrogens with zero attached hydrogens (tertiary/aromatic N) is 3. The fourth-order valence-corrected chi connectivity index (χ4v) is 4.87. The van der Waals surface area contributed by atoms with E-state index in [1.54, 1.807) is 18.7 Å². The minimum absolute atomic E-state index is 0.0874. The Morgan fingerprint density at radius 3 is 2.43 bits per heavy atom. The molecule has 0 radical (unpaired) electrons. The molecule has 0 saturated heterocycles. The van der Waals surface area contributed by atoms with Gasteiger partial charge < -0.3 is 9.55 Å². The number of hydrogen-bond donors (Lipinski definition) is 1. The number of H-pyrrole nitrogens is 1. The minimum Gasteiger partial charge on any atom is -0.347 e. The Bertz CT molecular complexity index is 1660. The van der Waals surface area contributed by atoms with Crippen molar-refractivity contribution >= 4 is 27.2 Å². The average Bonchev–Trinajstić information content (AvgIpc) is 3.58. The van der Waals surface area contributed by atoms with Gasteiger partial charge in [-0.2, -0.15) is 0 Å². The molecular weight excluding hydrogens is 436 g/mol. The summed E-state index contributed by atoms with van der Waals surface area (Å²) in [6.07, 6.45) is 7.63. The Balaban J connectivity index is 1.48. The first-order valence-electron chi connectivity index (χ1n) is 11.5. The molecule has 2 heterocycles. The van der Waals surface area contributed by atoms with E-state index in [1.165, 1.54) is 10.8 Å². The number of nitro groups is 1. The fourth-order valence-electron chi connectivity index (χ4n) is 4.87. The Morgan fingerprint density at radius 2 is 1.63 bits per heavy atom. The van der Waals surface area contributed by atoms with Crippen LogP contribution in [0.5, 0.6) is 0 Å². The molecule has 1 N–H and O–H groups in total. The van der Waals surface area contributed by atoms with Crippen molar-refractivity contribution in [2.24, 2.45) is 0 Å². The Kier molecular flexibility index (Phi) is 5.11. The third-order valence-electron chi connectivity index (χ3n) is 6.58. The highest BCUT2D eigenvalue weighted by Crippen LogP contribution is 2.38. The SMILES string of the molecule is O=[N+]([O-])c1cn(C(Cc2ccc3ccccc3c2)c2cnc[nH]2)cc1-c1cccc2ccccc12. The molecule has 0 spiro atoms. The standard InChI is InChI=1S/C29H22N4O2/c34-33(35)29-18-32(17-26(29)25-11-5-9-22-7-3-4-10-24(22)25)28(27-16-30-19-31-27)15-20-12-13-21-6-1-2-8-23(21)14-20/h1-14,16-19,28H,15H2,(H,30,31). The molecule has 0 aliphatic carbocycles. The molecule has 2 aromatic heterocycles. The summed E-state index contributed by atoms with van der Waals surface area (Å²) in [5.74, 6) is 0. The van der Waals surface area contributed by atoms with Crippen LogP contribution in [0.25, 0.3) is 32.7 Å². The predicted octanol–water partition coefficient (Wildman–Crippen LogP) is 6.92. The van der Waals surface area contributed by atoms with Gasteiger partial charge in [0.25, 0.3) is 5.69 Å². The van der Waals surface area contributed by atoms with Crippen molar-refractivity contribution in [3.05, 3.63) is 131 Å². The molecule has 1 unspecified atom stereocenters. The Hall–Kier alpha value is -4.71. The quantitative estimate of drug-likeness (QED) is 0.217. The zero-order valence-corrected chi connectivity index (χ0v) is 18.8. The van der Waals surface area contributed by atoms with Crippen LogP contribution in [0.4, 0.5) is 5.69 Å². The molecule has 35 heavy (non-hydrogen) atoms. The maximum Gasteiger partial charge on any atom is 0.294 e. The van der Waals surface area contributed by atoms with E-state index in [-0.39, 0.29) is 16.7 Å². The lowest BCUT2D eigenvalue weighted by Crippen LogP contribution is -2.12. The molecule has 170 valence electrons. The highest BCUT2D eigenvalue weighted by Gasteiger charge is 2.25. The smallest absolute Gasteiger partial charge is 0.294 e. The van der Waals surface area contributed by atoms with Crippen LogP contribution < -0.4 is 0 Å². The molecule has 6 aromatic rings. The summed E-state index contributed by atoms with van der Waals surface area (Å²) in [7, 11) is 0. The maximum atomic E-state index is 12.1. The molecule has 0 saturated carbocycles. The minimum atomic E-state index is -0.298. The number of aromatic nitrogens is 3. The molecule has 1 atom stereocenters. The highest BCUT2D eigenvalue weighted by molar-refractivity contribution is 5.98. The second kappa shape index (κ2) is 8.57. The number of fused-ring (bicyclic) bond motifs is 2. The Morgan fingerprint density at radius 1 is 0.857 bits per heavy atom. The second-order valence-corrected chi connectivity index (χ2v) is 8.70. The second-order valence-electron chi connectivity index (χ2n) is 8.70. The van der Waals surface area contributed by atoms with Gasteiger partial charge in [-0.05, 0) is 39.1 Å². The highest BCUT2D eigenvalue weighted by atomic mass is 16.6. The summed E-state index contributed by atoms with van der Waals surface area (Å²) < 4.78 is 1.94. The number of aromatic amines is 1. The lowest BCUT2D eigenvalue weighted by molar-refractivity contribution is -0.384. The van der Waals surface area contributed by atoms with E-state index < -0.39 is 0 Å². The van der Waals surface area contributed by atoms with Crippen LogP contribution in [-0.4, -0.2) is 19.5 Å². The van der Waals surface area contributed by atoms with E-state index in [0.29, 0.717) is 12.0 Å². The predicted molar refractivity (Wildman–Crippen MR) is 138 cm³/mol. The third kappa shape index (κ3) is 3.85. The van der Waals surface area contributed by atoms with Gasteiger partial charge in [0.05, 0.1) is 40.9 Å². The van der Waals surface area contributed by atoms with E-state index >= 15 is 0 Å². The van der Waals surface area contributed by atoms with E-state index in [1.807, 2.05) is 65.4 Å². The number of hydrogen-bond acceptors (Lipinski definition) is 3. The van der Waals surface area contributed by atoms with Gasteiger partial charge in [0.15, 0.2) is 0 Å². The van der Waals surface area contributed by atoms with E-state index in [2.05, 4.69) is 40.3 Å². The number of nitrogens with one attached hydrogen (secondary N) is 1. The molecule has 6 nitrogen and oxygen atoms in total. The van der Waals surface area contributed by atoms with Crippen LogP contribution in [0.2, 0.25) is 0 Å². The van der Waals surface area contributed by atoms with E-state index in [0.717, 1.165) is 27.6 Å². The van der Waals surface area contributed by atoms with Gasteiger partial charge in [0.2, 0.25) is 0 Å². The summed E-state index contributed by atoms with van der Waals surface area (Å²) in [4.78, 5) is 19.3. The molecule has 6 rings (SSSR count). The summed E-state index contributed by atoms with van der Waals surface area (Å²) >= 11 is 0. The van der Waals surface area contributed by atoms with Crippen LogP contribution in [-0.2, 0) is 6.42 Å². The maximum absolute atomic E-state index is 12.1. The first kappa shape index (κ1) is 20.9.